The molecule has 0 radical (unpaired) electrons. The van der Waals surface area contributed by atoms with E-state index in [1.165, 1.54) is 24.5 Å². The van der Waals surface area contributed by atoms with Crippen LogP contribution in [0.2, 0.25) is 5.02 Å². The SMILES string of the molecule is O=C(Nc1cccc(CC2CC2)c1)[C@H](c1ccc(Cl)cc1F)C1CCCC1. The molecule has 2 saturated carbocycles. The quantitative estimate of drug-likeness (QED) is 0.617. The van der Waals surface area contributed by atoms with Crippen LogP contribution in [-0.4, -0.2) is 5.91 Å². The first-order valence-electron chi connectivity index (χ1n) is 9.95. The van der Waals surface area contributed by atoms with Crippen molar-refractivity contribution in [1.29, 1.82) is 0 Å². The Balaban J connectivity index is 1.57. The molecule has 1 amide bonds. The van der Waals surface area contributed by atoms with E-state index in [4.69, 9.17) is 11.6 Å². The number of anilines is 1. The second-order valence-electron chi connectivity index (χ2n) is 8.03. The van der Waals surface area contributed by atoms with E-state index in [-0.39, 0.29) is 11.8 Å². The molecule has 0 aliphatic heterocycles. The molecule has 1 N–H and O–H groups in total. The monoisotopic (exact) mass is 385 g/mol. The highest BCUT2D eigenvalue weighted by molar-refractivity contribution is 6.30. The van der Waals surface area contributed by atoms with Crippen molar-refractivity contribution in [2.75, 3.05) is 5.32 Å². The third kappa shape index (κ3) is 4.52. The number of nitrogens with one attached hydrogen (secondary N) is 1. The van der Waals surface area contributed by atoms with E-state index >= 15 is 0 Å². The van der Waals surface area contributed by atoms with Crippen LogP contribution >= 0.6 is 11.6 Å². The van der Waals surface area contributed by atoms with Gasteiger partial charge in [0.1, 0.15) is 5.82 Å². The topological polar surface area (TPSA) is 29.1 Å². The van der Waals surface area contributed by atoms with Gasteiger partial charge in [-0.15, -0.1) is 0 Å². The van der Waals surface area contributed by atoms with Gasteiger partial charge in [-0.05, 0) is 73.8 Å². The van der Waals surface area contributed by atoms with Crippen LogP contribution in [0.5, 0.6) is 0 Å². The summed E-state index contributed by atoms with van der Waals surface area (Å²) in [6, 6.07) is 12.7. The molecule has 0 saturated heterocycles. The van der Waals surface area contributed by atoms with Crippen LogP contribution in [0, 0.1) is 17.7 Å². The molecule has 27 heavy (non-hydrogen) atoms. The van der Waals surface area contributed by atoms with Crippen LogP contribution in [0.4, 0.5) is 10.1 Å². The second kappa shape index (κ2) is 8.02. The molecule has 2 nitrogen and oxygen atoms in total. The van der Waals surface area contributed by atoms with Crippen LogP contribution < -0.4 is 5.32 Å². The Morgan fingerprint density at radius 2 is 1.89 bits per heavy atom. The number of carbonyl (C=O) groups is 1. The van der Waals surface area contributed by atoms with E-state index in [2.05, 4.69) is 17.4 Å². The lowest BCUT2D eigenvalue weighted by molar-refractivity contribution is -0.118. The van der Waals surface area contributed by atoms with Crippen molar-refractivity contribution in [2.45, 2.75) is 50.9 Å². The van der Waals surface area contributed by atoms with E-state index in [1.807, 2.05) is 12.1 Å². The zero-order chi connectivity index (χ0) is 18.8. The summed E-state index contributed by atoms with van der Waals surface area (Å²) in [4.78, 5) is 13.2. The Labute approximate surface area is 165 Å². The molecule has 2 aliphatic carbocycles. The number of amides is 1. The molecule has 0 spiro atoms. The highest BCUT2D eigenvalue weighted by atomic mass is 35.5. The first-order valence-corrected chi connectivity index (χ1v) is 10.3. The van der Waals surface area contributed by atoms with Gasteiger partial charge in [0.05, 0.1) is 5.92 Å². The van der Waals surface area contributed by atoms with E-state index in [0.29, 0.717) is 10.6 Å². The van der Waals surface area contributed by atoms with Crippen LogP contribution in [0.1, 0.15) is 55.6 Å². The van der Waals surface area contributed by atoms with E-state index in [9.17, 15) is 9.18 Å². The summed E-state index contributed by atoms with van der Waals surface area (Å²) in [5, 5.41) is 3.41. The summed E-state index contributed by atoms with van der Waals surface area (Å²) in [5.41, 5.74) is 2.51. The maximum atomic E-state index is 14.6. The Hall–Kier alpha value is -1.87. The van der Waals surface area contributed by atoms with Crippen molar-refractivity contribution in [1.82, 2.24) is 0 Å². The molecule has 4 rings (SSSR count). The van der Waals surface area contributed by atoms with Crippen LogP contribution in [0.25, 0.3) is 0 Å². The third-order valence-corrected chi connectivity index (χ3v) is 6.10. The van der Waals surface area contributed by atoms with Crippen LogP contribution in [0.15, 0.2) is 42.5 Å². The van der Waals surface area contributed by atoms with E-state index < -0.39 is 11.7 Å². The predicted molar refractivity (Wildman–Crippen MR) is 108 cm³/mol. The van der Waals surface area contributed by atoms with Gasteiger partial charge < -0.3 is 5.32 Å². The smallest absolute Gasteiger partial charge is 0.232 e. The Kier molecular flexibility index (Phi) is 5.49. The van der Waals surface area contributed by atoms with E-state index in [1.54, 1.807) is 12.1 Å². The summed E-state index contributed by atoms with van der Waals surface area (Å²) in [7, 11) is 0. The fraction of sp³-hybridized carbons (Fsp3) is 0.435. The highest BCUT2D eigenvalue weighted by Gasteiger charge is 2.34. The van der Waals surface area contributed by atoms with Gasteiger partial charge in [-0.3, -0.25) is 4.79 Å². The zero-order valence-electron chi connectivity index (χ0n) is 15.4. The largest absolute Gasteiger partial charge is 0.326 e. The normalized spacial score (nSPS) is 18.4. The summed E-state index contributed by atoms with van der Waals surface area (Å²) < 4.78 is 14.6. The molecule has 2 fully saturated rings. The molecule has 0 bridgehead atoms. The number of hydrogen-bond donors (Lipinski definition) is 1. The van der Waals surface area contributed by atoms with Crippen molar-refractivity contribution >= 4 is 23.2 Å². The Morgan fingerprint density at radius 3 is 2.59 bits per heavy atom. The lowest BCUT2D eigenvalue weighted by atomic mass is 9.83. The van der Waals surface area contributed by atoms with E-state index in [0.717, 1.165) is 43.7 Å². The Morgan fingerprint density at radius 1 is 1.11 bits per heavy atom. The van der Waals surface area contributed by atoms with Crippen molar-refractivity contribution < 1.29 is 9.18 Å². The molecule has 0 unspecified atom stereocenters. The minimum atomic E-state index is -0.475. The number of halogens is 2. The highest BCUT2D eigenvalue weighted by Crippen LogP contribution is 2.39. The summed E-state index contributed by atoms with van der Waals surface area (Å²) in [6.45, 7) is 0. The molecule has 142 valence electrons. The van der Waals surface area contributed by atoms with Gasteiger partial charge >= 0.3 is 0 Å². The van der Waals surface area contributed by atoms with Crippen molar-refractivity contribution in [3.63, 3.8) is 0 Å². The minimum Gasteiger partial charge on any atom is -0.326 e. The minimum absolute atomic E-state index is 0.119. The predicted octanol–water partition coefficient (Wildman–Crippen LogP) is 6.34. The summed E-state index contributed by atoms with van der Waals surface area (Å²) in [6.07, 6.45) is 7.79. The van der Waals surface area contributed by atoms with Gasteiger partial charge in [0.15, 0.2) is 0 Å². The van der Waals surface area contributed by atoms with Gasteiger partial charge in [-0.2, -0.15) is 0 Å². The van der Waals surface area contributed by atoms with Gasteiger partial charge in [-0.25, -0.2) is 4.39 Å². The number of benzene rings is 2. The summed E-state index contributed by atoms with van der Waals surface area (Å²) in [5.74, 6) is -0.0127. The first kappa shape index (κ1) is 18.5. The average molecular weight is 386 g/mol. The standard InChI is InChI=1S/C23H25ClFNO/c24-18-10-11-20(21(25)14-18)22(17-5-1-2-6-17)23(27)26-19-7-3-4-16(13-19)12-15-8-9-15/h3-4,7,10-11,13-15,17,22H,1-2,5-6,8-9,12H2,(H,26,27)/t22-/m0/s1. The fourth-order valence-electron chi connectivity index (χ4n) is 4.31. The molecule has 0 aromatic heterocycles. The molecule has 1 atom stereocenters. The van der Waals surface area contributed by atoms with Crippen LogP contribution in [-0.2, 0) is 11.2 Å². The molecule has 4 heteroatoms. The molecular weight excluding hydrogens is 361 g/mol. The van der Waals surface area contributed by atoms with Crippen molar-refractivity contribution in [3.05, 3.63) is 64.4 Å². The number of rotatable bonds is 6. The number of carbonyl (C=O) groups excluding carboxylic acids is 1. The number of hydrogen-bond acceptors (Lipinski definition) is 1. The summed E-state index contributed by atoms with van der Waals surface area (Å²) >= 11 is 5.91. The lowest BCUT2D eigenvalue weighted by Crippen LogP contribution is -2.27. The molecule has 2 aromatic rings. The van der Waals surface area contributed by atoms with Crippen molar-refractivity contribution in [2.24, 2.45) is 11.8 Å². The molecular formula is C23H25ClFNO. The Bertz CT molecular complexity index is 827. The second-order valence-corrected chi connectivity index (χ2v) is 8.46. The zero-order valence-corrected chi connectivity index (χ0v) is 16.1. The first-order chi connectivity index (χ1) is 13.1. The molecule has 2 aliphatic rings. The van der Waals surface area contributed by atoms with Crippen molar-refractivity contribution in [3.8, 4) is 0 Å². The van der Waals surface area contributed by atoms with Gasteiger partial charge in [0, 0.05) is 16.3 Å². The molecule has 0 heterocycles. The van der Waals surface area contributed by atoms with Gasteiger partial charge in [-0.1, -0.05) is 42.6 Å². The maximum absolute atomic E-state index is 14.6. The third-order valence-electron chi connectivity index (χ3n) is 5.87. The average Bonchev–Trinajstić information content (AvgIpc) is 3.28. The fourth-order valence-corrected chi connectivity index (χ4v) is 4.46. The lowest BCUT2D eigenvalue weighted by Gasteiger charge is -2.24. The van der Waals surface area contributed by atoms with Crippen LogP contribution in [0.3, 0.4) is 0 Å². The molecule has 2 aromatic carbocycles. The van der Waals surface area contributed by atoms with Gasteiger partial charge in [0.25, 0.3) is 0 Å². The maximum Gasteiger partial charge on any atom is 0.232 e. The van der Waals surface area contributed by atoms with Gasteiger partial charge in [0.2, 0.25) is 5.91 Å².